The lowest BCUT2D eigenvalue weighted by Gasteiger charge is -2.30. The number of nitrogens with one attached hydrogen (secondary N) is 1. The molecule has 1 atom stereocenters. The highest BCUT2D eigenvalue weighted by Crippen LogP contribution is 2.36. The third-order valence-electron chi connectivity index (χ3n) is 7.79. The lowest BCUT2D eigenvalue weighted by atomic mass is 10.0. The normalized spacial score (nSPS) is 13.3. The molecule has 1 aliphatic rings. The molecule has 1 aromatic carbocycles. The maximum atomic E-state index is 13.2. The maximum Gasteiger partial charge on any atom is 0.291 e. The fourth-order valence-corrected chi connectivity index (χ4v) is 6.67. The van der Waals surface area contributed by atoms with Gasteiger partial charge in [-0.3, -0.25) is 9.78 Å². The molecule has 0 radical (unpaired) electrons. The molecule has 0 spiro atoms. The highest BCUT2D eigenvalue weighted by atomic mass is 32.2. The number of H-pyrrole nitrogens is 1. The highest BCUT2D eigenvalue weighted by molar-refractivity contribution is 7.91. The van der Waals surface area contributed by atoms with E-state index in [1.165, 1.54) is 10.8 Å². The minimum absolute atomic E-state index is 0.0233. The Morgan fingerprint density at radius 2 is 1.93 bits per heavy atom. The van der Waals surface area contributed by atoms with Crippen LogP contribution < -0.4 is 15.2 Å². The molecule has 5 aromatic rings. The predicted molar refractivity (Wildman–Crippen MR) is 165 cm³/mol. The predicted octanol–water partition coefficient (Wildman–Crippen LogP) is 3.55. The molecule has 4 aromatic heterocycles. The van der Waals surface area contributed by atoms with E-state index in [2.05, 4.69) is 25.3 Å². The standard InChI is InChI=1S/C30H33N9O5S/c1-4-12-38(30(40)28-33-16-34-37-28)20(5-2)8-10-23-26(45(3,41)42)27(31)39-29(36-23)21(15-35-39)19-6-9-22(32-14-19)18-7-11-24-25(13-18)44-17-43-24/h6-7,9,11,13-16,20H,4-5,8,10,12,17,31H2,1-3H3,(H,33,34,37)/t20-/m1/s1. The fraction of sp³-hybridized carbons (Fsp3) is 0.333. The molecule has 0 unspecified atom stereocenters. The molecule has 1 aliphatic heterocycles. The van der Waals surface area contributed by atoms with Gasteiger partial charge in [0.05, 0.1) is 17.6 Å². The Morgan fingerprint density at radius 3 is 2.62 bits per heavy atom. The third-order valence-corrected chi connectivity index (χ3v) is 8.98. The summed E-state index contributed by atoms with van der Waals surface area (Å²) in [5.74, 6) is 1.23. The number of benzene rings is 1. The summed E-state index contributed by atoms with van der Waals surface area (Å²) >= 11 is 0. The molecular weight excluding hydrogens is 598 g/mol. The number of hydrogen-bond donors (Lipinski definition) is 2. The van der Waals surface area contributed by atoms with E-state index in [4.69, 9.17) is 20.2 Å². The number of carbonyl (C=O) groups excluding carboxylic acids is 1. The van der Waals surface area contributed by atoms with Crippen LogP contribution in [0.5, 0.6) is 11.5 Å². The van der Waals surface area contributed by atoms with Crippen LogP contribution in [0.3, 0.4) is 0 Å². The monoisotopic (exact) mass is 631 g/mol. The van der Waals surface area contributed by atoms with E-state index in [0.29, 0.717) is 47.8 Å². The van der Waals surface area contributed by atoms with Crippen molar-refractivity contribution in [1.29, 1.82) is 0 Å². The molecule has 0 bridgehead atoms. The molecule has 6 rings (SSSR count). The number of aromatic amines is 1. The topological polar surface area (TPSA) is 184 Å². The van der Waals surface area contributed by atoms with Crippen molar-refractivity contribution in [3.8, 4) is 33.9 Å². The number of nitrogen functional groups attached to an aromatic ring is 1. The average Bonchev–Trinajstić information content (AvgIpc) is 3.81. The first kappa shape index (κ1) is 30.0. The number of pyridine rings is 1. The van der Waals surface area contributed by atoms with Gasteiger partial charge in [-0.1, -0.05) is 19.9 Å². The van der Waals surface area contributed by atoms with Crippen molar-refractivity contribution in [2.45, 2.75) is 50.5 Å². The number of carbonyl (C=O) groups is 1. The molecule has 14 nitrogen and oxygen atoms in total. The minimum atomic E-state index is -3.77. The summed E-state index contributed by atoms with van der Waals surface area (Å²) < 4.78 is 38.2. The van der Waals surface area contributed by atoms with E-state index >= 15 is 0 Å². The van der Waals surface area contributed by atoms with Gasteiger partial charge in [-0.2, -0.15) is 9.61 Å². The van der Waals surface area contributed by atoms with Crippen molar-refractivity contribution in [3.63, 3.8) is 0 Å². The first-order valence-corrected chi connectivity index (χ1v) is 16.5. The number of rotatable bonds is 11. The van der Waals surface area contributed by atoms with Crippen LogP contribution >= 0.6 is 0 Å². The first-order chi connectivity index (χ1) is 21.7. The summed E-state index contributed by atoms with van der Waals surface area (Å²) in [5.41, 5.74) is 10.2. The van der Waals surface area contributed by atoms with E-state index in [9.17, 15) is 13.2 Å². The molecule has 5 heterocycles. The van der Waals surface area contributed by atoms with Gasteiger partial charge in [0.15, 0.2) is 27.0 Å². The van der Waals surface area contributed by atoms with Crippen LogP contribution in [0.1, 0.15) is 49.4 Å². The van der Waals surface area contributed by atoms with E-state index in [0.717, 1.165) is 29.5 Å². The van der Waals surface area contributed by atoms with Crippen LogP contribution in [0.4, 0.5) is 5.82 Å². The number of nitrogens with zero attached hydrogens (tertiary/aromatic N) is 7. The summed E-state index contributed by atoms with van der Waals surface area (Å²) in [4.78, 5) is 27.1. The van der Waals surface area contributed by atoms with Crippen molar-refractivity contribution >= 4 is 27.2 Å². The van der Waals surface area contributed by atoms with Gasteiger partial charge in [0, 0.05) is 41.7 Å². The van der Waals surface area contributed by atoms with Crippen LogP contribution in [0.2, 0.25) is 0 Å². The van der Waals surface area contributed by atoms with Crippen LogP contribution in [0, 0.1) is 0 Å². The SMILES string of the molecule is CCCN(C(=O)c1nnc[nH]1)[C@H](CC)CCc1nc2c(-c3ccc(-c4ccc5c(c4)OCO5)nc3)cnn2c(N)c1S(C)(=O)=O. The lowest BCUT2D eigenvalue weighted by Crippen LogP contribution is -2.41. The Morgan fingerprint density at radius 1 is 1.13 bits per heavy atom. The number of hydrogen-bond acceptors (Lipinski definition) is 11. The molecule has 0 aliphatic carbocycles. The van der Waals surface area contributed by atoms with Crippen molar-refractivity contribution in [1.82, 2.24) is 39.7 Å². The van der Waals surface area contributed by atoms with Crippen LogP contribution in [-0.4, -0.2) is 79.6 Å². The van der Waals surface area contributed by atoms with E-state index in [1.54, 1.807) is 17.3 Å². The first-order valence-electron chi connectivity index (χ1n) is 14.6. The molecule has 0 saturated heterocycles. The Kier molecular flexibility index (Phi) is 8.10. The molecular formula is C30H33N9O5S. The number of anilines is 1. The number of fused-ring (bicyclic) bond motifs is 2. The van der Waals surface area contributed by atoms with E-state index in [1.807, 2.05) is 44.2 Å². The number of sulfone groups is 1. The number of ether oxygens (including phenoxy) is 2. The number of amides is 1. The zero-order valence-corrected chi connectivity index (χ0v) is 25.9. The van der Waals surface area contributed by atoms with Gasteiger partial charge < -0.3 is 25.1 Å². The summed E-state index contributed by atoms with van der Waals surface area (Å²) in [6.07, 6.45) is 7.88. The lowest BCUT2D eigenvalue weighted by molar-refractivity contribution is 0.0650. The molecule has 0 saturated carbocycles. The van der Waals surface area contributed by atoms with Crippen molar-refractivity contribution in [3.05, 3.63) is 60.6 Å². The van der Waals surface area contributed by atoms with Crippen LogP contribution in [0.15, 0.2) is 53.9 Å². The Balaban J connectivity index is 1.33. The Hall–Kier alpha value is -5.05. The molecule has 45 heavy (non-hydrogen) atoms. The fourth-order valence-electron chi connectivity index (χ4n) is 5.63. The van der Waals surface area contributed by atoms with Gasteiger partial charge >= 0.3 is 0 Å². The summed E-state index contributed by atoms with van der Waals surface area (Å²) in [7, 11) is -3.77. The average molecular weight is 632 g/mol. The van der Waals surface area contributed by atoms with E-state index in [-0.39, 0.29) is 41.7 Å². The smallest absolute Gasteiger partial charge is 0.291 e. The zero-order chi connectivity index (χ0) is 31.7. The van der Waals surface area contributed by atoms with Gasteiger partial charge in [0.25, 0.3) is 5.91 Å². The molecule has 234 valence electrons. The molecule has 15 heteroatoms. The van der Waals surface area contributed by atoms with Gasteiger partial charge in [-0.25, -0.2) is 13.4 Å². The van der Waals surface area contributed by atoms with Crippen molar-refractivity contribution in [2.24, 2.45) is 0 Å². The maximum absolute atomic E-state index is 13.2. The van der Waals surface area contributed by atoms with Crippen molar-refractivity contribution < 1.29 is 22.7 Å². The summed E-state index contributed by atoms with van der Waals surface area (Å²) in [6.45, 7) is 4.67. The van der Waals surface area contributed by atoms with Gasteiger partial charge in [-0.05, 0) is 49.9 Å². The second-order valence-electron chi connectivity index (χ2n) is 10.8. The largest absolute Gasteiger partial charge is 0.454 e. The quantitative estimate of drug-likeness (QED) is 0.217. The van der Waals surface area contributed by atoms with Crippen LogP contribution in [0.25, 0.3) is 28.0 Å². The third kappa shape index (κ3) is 5.78. The second-order valence-corrected chi connectivity index (χ2v) is 12.7. The van der Waals surface area contributed by atoms with Gasteiger partial charge in [-0.15, -0.1) is 10.2 Å². The Bertz CT molecular complexity index is 1960. The second kappa shape index (κ2) is 12.1. The van der Waals surface area contributed by atoms with Crippen molar-refractivity contribution in [2.75, 3.05) is 25.3 Å². The summed E-state index contributed by atoms with van der Waals surface area (Å²) in [6, 6.07) is 9.22. The molecule has 1 amide bonds. The number of aromatic nitrogens is 7. The zero-order valence-electron chi connectivity index (χ0n) is 25.1. The number of nitrogens with two attached hydrogens (primary N) is 1. The van der Waals surface area contributed by atoms with E-state index < -0.39 is 9.84 Å². The van der Waals surface area contributed by atoms with Gasteiger partial charge in [0.1, 0.15) is 17.0 Å². The van der Waals surface area contributed by atoms with Gasteiger partial charge in [0.2, 0.25) is 12.6 Å². The minimum Gasteiger partial charge on any atom is -0.454 e. The highest BCUT2D eigenvalue weighted by Gasteiger charge is 2.28. The Labute approximate surface area is 259 Å². The number of aryl methyl sites for hydroxylation is 1. The molecule has 0 fully saturated rings. The molecule has 3 N–H and O–H groups in total. The summed E-state index contributed by atoms with van der Waals surface area (Å²) in [5, 5.41) is 12.0. The van der Waals surface area contributed by atoms with Crippen LogP contribution in [-0.2, 0) is 16.3 Å².